The minimum atomic E-state index is -0.245. The molecule has 0 saturated carbocycles. The second-order valence-corrected chi connectivity index (χ2v) is 5.09. The van der Waals surface area contributed by atoms with Gasteiger partial charge in [-0.3, -0.25) is 0 Å². The summed E-state index contributed by atoms with van der Waals surface area (Å²) in [4.78, 5) is 2.24. The third-order valence-electron chi connectivity index (χ3n) is 3.64. The summed E-state index contributed by atoms with van der Waals surface area (Å²) in [5.74, 6) is 0.880. The van der Waals surface area contributed by atoms with E-state index in [1.165, 1.54) is 7.11 Å². The number of nitrogens with zero attached hydrogens (tertiary/aromatic N) is 1. The van der Waals surface area contributed by atoms with Gasteiger partial charge in [-0.05, 0) is 37.6 Å². The highest BCUT2D eigenvalue weighted by atomic mass is 16.5. The maximum atomic E-state index is 10.0. The Labute approximate surface area is 108 Å². The van der Waals surface area contributed by atoms with E-state index in [0.29, 0.717) is 5.75 Å². The summed E-state index contributed by atoms with van der Waals surface area (Å²) in [7, 11) is 3.61. The number of aliphatic hydroxyl groups excluding tert-OH is 1. The Morgan fingerprint density at radius 1 is 1.44 bits per heavy atom. The van der Waals surface area contributed by atoms with Crippen LogP contribution in [0.25, 0.3) is 0 Å². The third kappa shape index (κ3) is 2.94. The van der Waals surface area contributed by atoms with Crippen LogP contribution in [0.2, 0.25) is 0 Å². The monoisotopic (exact) mass is 251 g/mol. The van der Waals surface area contributed by atoms with Gasteiger partial charge in [0.25, 0.3) is 0 Å². The number of benzene rings is 1. The van der Waals surface area contributed by atoms with Gasteiger partial charge in [0.15, 0.2) is 11.5 Å². The molecule has 2 N–H and O–H groups in total. The molecular formula is C14H21NO3. The number of aromatic hydroxyl groups is 1. The van der Waals surface area contributed by atoms with Crippen molar-refractivity contribution in [2.24, 2.45) is 5.92 Å². The van der Waals surface area contributed by atoms with Crippen molar-refractivity contribution in [2.45, 2.75) is 18.9 Å². The second kappa shape index (κ2) is 5.59. The predicted octanol–water partition coefficient (Wildman–Crippen LogP) is 1.26. The fraction of sp³-hybridized carbons (Fsp3) is 0.571. The van der Waals surface area contributed by atoms with Crippen LogP contribution in [0.1, 0.15) is 12.0 Å². The number of aliphatic hydroxyl groups is 1. The summed E-state index contributed by atoms with van der Waals surface area (Å²) in [6.45, 7) is 1.85. The van der Waals surface area contributed by atoms with Crippen molar-refractivity contribution in [1.82, 2.24) is 4.90 Å². The van der Waals surface area contributed by atoms with Gasteiger partial charge in [0.05, 0.1) is 13.2 Å². The molecule has 1 aliphatic heterocycles. The summed E-state index contributed by atoms with van der Waals surface area (Å²) in [6.07, 6.45) is 1.36. The fourth-order valence-corrected chi connectivity index (χ4v) is 2.57. The topological polar surface area (TPSA) is 52.9 Å². The van der Waals surface area contributed by atoms with Crippen molar-refractivity contribution in [3.8, 4) is 11.5 Å². The van der Waals surface area contributed by atoms with Crippen molar-refractivity contribution in [3.63, 3.8) is 0 Å². The van der Waals surface area contributed by atoms with E-state index in [1.54, 1.807) is 12.1 Å². The summed E-state index contributed by atoms with van der Waals surface area (Å²) in [5, 5.41) is 19.7. The van der Waals surface area contributed by atoms with E-state index in [4.69, 9.17) is 4.74 Å². The molecule has 0 radical (unpaired) electrons. The molecule has 1 aromatic rings. The maximum Gasteiger partial charge on any atom is 0.160 e. The van der Waals surface area contributed by atoms with E-state index in [-0.39, 0.29) is 17.8 Å². The van der Waals surface area contributed by atoms with Gasteiger partial charge in [-0.2, -0.15) is 0 Å². The molecule has 4 heteroatoms. The normalized spacial score (nSPS) is 25.1. The van der Waals surface area contributed by atoms with E-state index in [0.717, 1.165) is 31.5 Å². The molecule has 4 nitrogen and oxygen atoms in total. The largest absolute Gasteiger partial charge is 0.504 e. The number of methoxy groups -OCH3 is 1. The lowest BCUT2D eigenvalue weighted by atomic mass is 9.89. The molecular weight excluding hydrogens is 230 g/mol. The number of phenolic OH excluding ortho intramolecular Hbond substituents is 1. The van der Waals surface area contributed by atoms with Crippen molar-refractivity contribution in [1.29, 1.82) is 0 Å². The minimum Gasteiger partial charge on any atom is -0.504 e. The average Bonchev–Trinajstić information content (AvgIpc) is 2.34. The van der Waals surface area contributed by atoms with Crippen LogP contribution in [0.15, 0.2) is 18.2 Å². The Morgan fingerprint density at radius 2 is 2.22 bits per heavy atom. The molecule has 1 heterocycles. The van der Waals surface area contributed by atoms with Gasteiger partial charge < -0.3 is 19.8 Å². The fourth-order valence-electron chi connectivity index (χ4n) is 2.57. The first-order valence-corrected chi connectivity index (χ1v) is 6.32. The smallest absolute Gasteiger partial charge is 0.160 e. The van der Waals surface area contributed by atoms with E-state index in [9.17, 15) is 10.2 Å². The van der Waals surface area contributed by atoms with E-state index in [2.05, 4.69) is 11.9 Å². The summed E-state index contributed by atoms with van der Waals surface area (Å²) in [5.41, 5.74) is 1.03. The lowest BCUT2D eigenvalue weighted by molar-refractivity contribution is 0.0366. The number of likely N-dealkylation sites (tertiary alicyclic amines) is 1. The molecule has 1 aliphatic rings. The summed E-state index contributed by atoms with van der Waals surface area (Å²) in [6, 6.07) is 5.43. The molecule has 1 fully saturated rings. The average molecular weight is 251 g/mol. The zero-order valence-corrected chi connectivity index (χ0v) is 11.0. The predicted molar refractivity (Wildman–Crippen MR) is 70.0 cm³/mol. The Bertz CT molecular complexity index is 408. The first-order chi connectivity index (χ1) is 8.60. The van der Waals surface area contributed by atoms with Crippen molar-refractivity contribution >= 4 is 0 Å². The van der Waals surface area contributed by atoms with Gasteiger partial charge >= 0.3 is 0 Å². The quantitative estimate of drug-likeness (QED) is 0.849. The highest BCUT2D eigenvalue weighted by Gasteiger charge is 2.26. The number of hydrogen-bond donors (Lipinski definition) is 2. The third-order valence-corrected chi connectivity index (χ3v) is 3.64. The molecule has 1 saturated heterocycles. The second-order valence-electron chi connectivity index (χ2n) is 5.09. The lowest BCUT2D eigenvalue weighted by Gasteiger charge is -2.34. The first-order valence-electron chi connectivity index (χ1n) is 6.32. The van der Waals surface area contributed by atoms with Crippen LogP contribution in [0.4, 0.5) is 0 Å². The number of ether oxygens (including phenoxy) is 1. The first kappa shape index (κ1) is 13.2. The lowest BCUT2D eigenvalue weighted by Crippen LogP contribution is -2.41. The molecule has 1 aromatic carbocycles. The molecule has 0 bridgehead atoms. The number of hydrogen-bond acceptors (Lipinski definition) is 4. The Hall–Kier alpha value is -1.26. The highest BCUT2D eigenvalue weighted by molar-refractivity contribution is 5.41. The molecule has 100 valence electrons. The van der Waals surface area contributed by atoms with Gasteiger partial charge in [-0.15, -0.1) is 0 Å². The van der Waals surface area contributed by atoms with Crippen LogP contribution in [0.3, 0.4) is 0 Å². The summed E-state index contributed by atoms with van der Waals surface area (Å²) < 4.78 is 5.02. The molecule has 0 aromatic heterocycles. The number of piperidine rings is 1. The van der Waals surface area contributed by atoms with Crippen LogP contribution >= 0.6 is 0 Å². The van der Waals surface area contributed by atoms with E-state index in [1.807, 2.05) is 6.07 Å². The molecule has 2 unspecified atom stereocenters. The summed E-state index contributed by atoms with van der Waals surface area (Å²) >= 11 is 0. The Balaban J connectivity index is 2.06. The van der Waals surface area contributed by atoms with Crippen molar-refractivity contribution < 1.29 is 14.9 Å². The zero-order valence-electron chi connectivity index (χ0n) is 11.0. The number of phenols is 1. The highest BCUT2D eigenvalue weighted by Crippen LogP contribution is 2.28. The SMILES string of the molecule is COc1ccc(CC2CN(C)CCC2O)cc1O. The Morgan fingerprint density at radius 3 is 2.89 bits per heavy atom. The number of rotatable bonds is 3. The van der Waals surface area contributed by atoms with Gasteiger partial charge in [0.1, 0.15) is 0 Å². The van der Waals surface area contributed by atoms with E-state index < -0.39 is 0 Å². The Kier molecular flexibility index (Phi) is 4.09. The van der Waals surface area contributed by atoms with Crippen LogP contribution < -0.4 is 4.74 Å². The van der Waals surface area contributed by atoms with Crippen LogP contribution in [0.5, 0.6) is 11.5 Å². The maximum absolute atomic E-state index is 10.0. The minimum absolute atomic E-state index is 0.161. The van der Waals surface area contributed by atoms with Gasteiger partial charge in [0, 0.05) is 19.0 Å². The molecule has 2 atom stereocenters. The van der Waals surface area contributed by atoms with Crippen molar-refractivity contribution in [3.05, 3.63) is 23.8 Å². The zero-order chi connectivity index (χ0) is 13.1. The van der Waals surface area contributed by atoms with Gasteiger partial charge in [0.2, 0.25) is 0 Å². The standard InChI is InChI=1S/C14H21NO3/c1-15-6-5-12(16)11(9-15)7-10-3-4-14(18-2)13(17)8-10/h3-4,8,11-12,16-17H,5-7,9H2,1-2H3. The van der Waals surface area contributed by atoms with Gasteiger partial charge in [-0.25, -0.2) is 0 Å². The molecule has 0 amide bonds. The van der Waals surface area contributed by atoms with Crippen LogP contribution in [-0.4, -0.2) is 48.5 Å². The van der Waals surface area contributed by atoms with Crippen LogP contribution in [0, 0.1) is 5.92 Å². The molecule has 0 spiro atoms. The van der Waals surface area contributed by atoms with Crippen molar-refractivity contribution in [2.75, 3.05) is 27.2 Å². The van der Waals surface area contributed by atoms with Gasteiger partial charge in [-0.1, -0.05) is 6.07 Å². The van der Waals surface area contributed by atoms with E-state index >= 15 is 0 Å². The molecule has 2 rings (SSSR count). The van der Waals surface area contributed by atoms with Crippen LogP contribution in [-0.2, 0) is 6.42 Å². The molecule has 18 heavy (non-hydrogen) atoms. The molecule has 0 aliphatic carbocycles.